The molecule has 1 atom stereocenters. The lowest BCUT2D eigenvalue weighted by molar-refractivity contribution is 0.354. The number of alkyl halides is 1. The van der Waals surface area contributed by atoms with Crippen LogP contribution in [0.25, 0.3) is 0 Å². The lowest BCUT2D eigenvalue weighted by atomic mass is 10.0. The summed E-state index contributed by atoms with van der Waals surface area (Å²) in [6.45, 7) is 0. The summed E-state index contributed by atoms with van der Waals surface area (Å²) >= 11 is 3.66. The molecule has 0 saturated carbocycles. The zero-order valence-corrected chi connectivity index (χ0v) is 13.0. The second-order valence-corrected chi connectivity index (χ2v) is 5.52. The Morgan fingerprint density at radius 3 is 2.25 bits per heavy atom. The molecule has 0 saturated heterocycles. The zero-order valence-electron chi connectivity index (χ0n) is 11.4. The summed E-state index contributed by atoms with van der Waals surface area (Å²) in [6.07, 6.45) is 0.774. The number of halogens is 2. The van der Waals surface area contributed by atoms with E-state index in [9.17, 15) is 4.39 Å². The van der Waals surface area contributed by atoms with Gasteiger partial charge in [-0.2, -0.15) is 0 Å². The number of ether oxygens (including phenoxy) is 2. The highest BCUT2D eigenvalue weighted by atomic mass is 79.9. The van der Waals surface area contributed by atoms with E-state index in [1.54, 1.807) is 26.4 Å². The summed E-state index contributed by atoms with van der Waals surface area (Å²) < 4.78 is 23.4. The molecule has 0 aliphatic carbocycles. The summed E-state index contributed by atoms with van der Waals surface area (Å²) in [7, 11) is 3.23. The molecule has 0 heterocycles. The third-order valence-electron chi connectivity index (χ3n) is 3.10. The average Bonchev–Trinajstić information content (AvgIpc) is 2.48. The van der Waals surface area contributed by atoms with Crippen molar-refractivity contribution in [2.75, 3.05) is 14.2 Å². The minimum atomic E-state index is -0.217. The minimum absolute atomic E-state index is 0.132. The van der Waals surface area contributed by atoms with E-state index < -0.39 is 0 Å². The molecule has 0 spiro atoms. The Balaban J connectivity index is 2.16. The monoisotopic (exact) mass is 338 g/mol. The number of rotatable bonds is 5. The Labute approximate surface area is 126 Å². The van der Waals surface area contributed by atoms with Crippen molar-refractivity contribution < 1.29 is 13.9 Å². The number of methoxy groups -OCH3 is 2. The Hall–Kier alpha value is -1.55. The van der Waals surface area contributed by atoms with E-state index in [1.807, 2.05) is 18.2 Å². The van der Waals surface area contributed by atoms with Crippen molar-refractivity contribution in [2.45, 2.75) is 11.2 Å². The molecule has 2 aromatic carbocycles. The first-order valence-electron chi connectivity index (χ1n) is 6.24. The number of hydrogen-bond donors (Lipinski definition) is 0. The fraction of sp³-hybridized carbons (Fsp3) is 0.250. The standard InChI is InChI=1S/C16H16BrFO2/c1-19-15-8-5-12(10-16(15)20-2)14(17)9-11-3-6-13(18)7-4-11/h3-8,10,14H,9H2,1-2H3. The van der Waals surface area contributed by atoms with Crippen molar-refractivity contribution in [1.82, 2.24) is 0 Å². The van der Waals surface area contributed by atoms with Gasteiger partial charge in [-0.05, 0) is 41.8 Å². The summed E-state index contributed by atoms with van der Waals surface area (Å²) in [6, 6.07) is 12.4. The van der Waals surface area contributed by atoms with E-state index in [2.05, 4.69) is 15.9 Å². The van der Waals surface area contributed by atoms with Gasteiger partial charge in [0, 0.05) is 4.83 Å². The maximum atomic E-state index is 12.9. The Morgan fingerprint density at radius 2 is 1.65 bits per heavy atom. The van der Waals surface area contributed by atoms with Gasteiger partial charge in [0.1, 0.15) is 5.82 Å². The van der Waals surface area contributed by atoms with Gasteiger partial charge in [-0.25, -0.2) is 4.39 Å². The largest absolute Gasteiger partial charge is 0.493 e. The van der Waals surface area contributed by atoms with Gasteiger partial charge in [-0.15, -0.1) is 0 Å². The van der Waals surface area contributed by atoms with Crippen molar-refractivity contribution in [3.05, 3.63) is 59.4 Å². The van der Waals surface area contributed by atoms with Gasteiger partial charge in [-0.3, -0.25) is 0 Å². The quantitative estimate of drug-likeness (QED) is 0.746. The Bertz CT molecular complexity index is 569. The first kappa shape index (κ1) is 14.9. The van der Waals surface area contributed by atoms with Crippen LogP contribution >= 0.6 is 15.9 Å². The molecular formula is C16H16BrFO2. The highest BCUT2D eigenvalue weighted by molar-refractivity contribution is 9.09. The number of benzene rings is 2. The maximum Gasteiger partial charge on any atom is 0.161 e. The molecule has 0 aliphatic rings. The summed E-state index contributed by atoms with van der Waals surface area (Å²) in [4.78, 5) is 0.132. The first-order valence-corrected chi connectivity index (χ1v) is 7.16. The van der Waals surface area contributed by atoms with Crippen LogP contribution in [0.1, 0.15) is 16.0 Å². The Kier molecular flexibility index (Phi) is 5.01. The van der Waals surface area contributed by atoms with Gasteiger partial charge in [0.15, 0.2) is 11.5 Å². The predicted molar refractivity (Wildman–Crippen MR) is 81.3 cm³/mol. The third kappa shape index (κ3) is 3.51. The van der Waals surface area contributed by atoms with Crippen molar-refractivity contribution >= 4 is 15.9 Å². The van der Waals surface area contributed by atoms with Crippen molar-refractivity contribution in [3.63, 3.8) is 0 Å². The van der Waals surface area contributed by atoms with Crippen LogP contribution in [-0.2, 0) is 6.42 Å². The van der Waals surface area contributed by atoms with Gasteiger partial charge in [0.25, 0.3) is 0 Å². The van der Waals surface area contributed by atoms with E-state index in [1.165, 1.54) is 12.1 Å². The van der Waals surface area contributed by atoms with E-state index in [0.717, 1.165) is 17.5 Å². The highest BCUT2D eigenvalue weighted by Crippen LogP contribution is 2.34. The Morgan fingerprint density at radius 1 is 1.00 bits per heavy atom. The molecule has 4 heteroatoms. The molecule has 2 rings (SSSR count). The van der Waals surface area contributed by atoms with Crippen LogP contribution in [0.4, 0.5) is 4.39 Å². The predicted octanol–water partition coefficient (Wildman–Crippen LogP) is 4.52. The third-order valence-corrected chi connectivity index (χ3v) is 3.95. The van der Waals surface area contributed by atoms with Crippen molar-refractivity contribution in [3.8, 4) is 11.5 Å². The van der Waals surface area contributed by atoms with Crippen LogP contribution < -0.4 is 9.47 Å². The first-order chi connectivity index (χ1) is 9.63. The fourth-order valence-electron chi connectivity index (χ4n) is 1.99. The van der Waals surface area contributed by atoms with Gasteiger partial charge in [0.05, 0.1) is 14.2 Å². The van der Waals surface area contributed by atoms with Gasteiger partial charge in [-0.1, -0.05) is 34.1 Å². The van der Waals surface area contributed by atoms with Crippen LogP contribution in [0.3, 0.4) is 0 Å². The zero-order chi connectivity index (χ0) is 14.5. The van der Waals surface area contributed by atoms with E-state index >= 15 is 0 Å². The lowest BCUT2D eigenvalue weighted by Crippen LogP contribution is -1.98. The van der Waals surface area contributed by atoms with Gasteiger partial charge in [0.2, 0.25) is 0 Å². The van der Waals surface area contributed by atoms with Crippen LogP contribution in [0.15, 0.2) is 42.5 Å². The molecule has 20 heavy (non-hydrogen) atoms. The normalized spacial score (nSPS) is 12.0. The second kappa shape index (κ2) is 6.75. The summed E-state index contributed by atoms with van der Waals surface area (Å²) in [5.74, 6) is 1.19. The lowest BCUT2D eigenvalue weighted by Gasteiger charge is -2.14. The van der Waals surface area contributed by atoms with Crippen LogP contribution in [0.5, 0.6) is 11.5 Å². The topological polar surface area (TPSA) is 18.5 Å². The maximum absolute atomic E-state index is 12.9. The smallest absolute Gasteiger partial charge is 0.161 e. The van der Waals surface area contributed by atoms with Crippen LogP contribution in [0.2, 0.25) is 0 Å². The molecule has 0 aliphatic heterocycles. The molecule has 0 N–H and O–H groups in total. The fourth-order valence-corrected chi connectivity index (χ4v) is 2.65. The SMILES string of the molecule is COc1ccc(C(Br)Cc2ccc(F)cc2)cc1OC. The molecule has 0 amide bonds. The second-order valence-electron chi connectivity index (χ2n) is 4.41. The van der Waals surface area contributed by atoms with E-state index in [4.69, 9.17) is 9.47 Å². The van der Waals surface area contributed by atoms with E-state index in [0.29, 0.717) is 11.5 Å². The summed E-state index contributed by atoms with van der Waals surface area (Å²) in [5.41, 5.74) is 2.16. The van der Waals surface area contributed by atoms with Gasteiger partial charge >= 0.3 is 0 Å². The molecule has 0 bridgehead atoms. The van der Waals surface area contributed by atoms with Crippen molar-refractivity contribution in [1.29, 1.82) is 0 Å². The molecule has 1 unspecified atom stereocenters. The minimum Gasteiger partial charge on any atom is -0.493 e. The molecule has 0 radical (unpaired) electrons. The summed E-state index contributed by atoms with van der Waals surface area (Å²) in [5, 5.41) is 0. The molecule has 106 valence electrons. The molecule has 2 nitrogen and oxygen atoms in total. The van der Waals surface area contributed by atoms with Crippen LogP contribution in [-0.4, -0.2) is 14.2 Å². The molecule has 0 fully saturated rings. The molecule has 2 aromatic rings. The van der Waals surface area contributed by atoms with Crippen LogP contribution in [0, 0.1) is 5.82 Å². The highest BCUT2D eigenvalue weighted by Gasteiger charge is 2.12. The average molecular weight is 339 g/mol. The molecular weight excluding hydrogens is 323 g/mol. The van der Waals surface area contributed by atoms with Gasteiger partial charge < -0.3 is 9.47 Å². The van der Waals surface area contributed by atoms with Crippen molar-refractivity contribution in [2.24, 2.45) is 0 Å². The number of hydrogen-bond acceptors (Lipinski definition) is 2. The van der Waals surface area contributed by atoms with E-state index in [-0.39, 0.29) is 10.6 Å². The molecule has 0 aromatic heterocycles.